The summed E-state index contributed by atoms with van der Waals surface area (Å²) >= 11 is 6.05. The second-order valence-corrected chi connectivity index (χ2v) is 7.86. The van der Waals surface area contributed by atoms with E-state index in [0.29, 0.717) is 17.1 Å². The third-order valence-corrected chi connectivity index (χ3v) is 5.60. The molecule has 5 heteroatoms. The molecule has 0 spiro atoms. The highest BCUT2D eigenvalue weighted by Crippen LogP contribution is 2.25. The second-order valence-electron chi connectivity index (χ2n) is 7.42. The van der Waals surface area contributed by atoms with Gasteiger partial charge in [0.25, 0.3) is 5.91 Å². The Balaban J connectivity index is 1.71. The van der Waals surface area contributed by atoms with Gasteiger partial charge in [-0.25, -0.2) is 4.98 Å². The van der Waals surface area contributed by atoms with E-state index in [-0.39, 0.29) is 11.9 Å². The van der Waals surface area contributed by atoms with Gasteiger partial charge in [0.05, 0.1) is 17.1 Å². The van der Waals surface area contributed by atoms with Crippen LogP contribution in [0.25, 0.3) is 11.0 Å². The normalized spacial score (nSPS) is 12.1. The monoisotopic (exact) mass is 417 g/mol. The molecule has 0 saturated heterocycles. The van der Waals surface area contributed by atoms with E-state index in [2.05, 4.69) is 22.9 Å². The molecule has 0 aliphatic rings. The molecule has 0 saturated carbocycles. The van der Waals surface area contributed by atoms with Gasteiger partial charge >= 0.3 is 0 Å². The highest BCUT2D eigenvalue weighted by Gasteiger charge is 2.22. The molecule has 4 aromatic rings. The van der Waals surface area contributed by atoms with Gasteiger partial charge in [0.15, 0.2) is 0 Å². The quantitative estimate of drug-likeness (QED) is 0.422. The molecule has 3 aromatic carbocycles. The van der Waals surface area contributed by atoms with Crippen molar-refractivity contribution in [3.05, 3.63) is 100 Å². The number of amides is 1. The van der Waals surface area contributed by atoms with Gasteiger partial charge in [-0.1, -0.05) is 61.0 Å². The molecule has 4 rings (SSSR count). The molecular weight excluding hydrogens is 394 g/mol. The molecule has 1 N–H and O–H groups in total. The van der Waals surface area contributed by atoms with E-state index >= 15 is 0 Å². The summed E-state index contributed by atoms with van der Waals surface area (Å²) in [5.41, 5.74) is 4.75. The van der Waals surface area contributed by atoms with Crippen molar-refractivity contribution in [2.75, 3.05) is 0 Å². The summed E-state index contributed by atoms with van der Waals surface area (Å²) in [6.07, 6.45) is 0.738. The molecule has 30 heavy (non-hydrogen) atoms. The first-order valence-corrected chi connectivity index (χ1v) is 10.5. The minimum Gasteiger partial charge on any atom is -0.342 e. The van der Waals surface area contributed by atoms with Gasteiger partial charge in [0.2, 0.25) is 0 Å². The molecule has 1 heterocycles. The molecular formula is C25H24ClN3O. The number of aromatic nitrogens is 2. The van der Waals surface area contributed by atoms with Crippen LogP contribution in [0.15, 0.2) is 72.8 Å². The highest BCUT2D eigenvalue weighted by atomic mass is 35.5. The number of rotatable bonds is 6. The Morgan fingerprint density at radius 1 is 1.03 bits per heavy atom. The first-order valence-electron chi connectivity index (χ1n) is 10.1. The molecule has 4 nitrogen and oxygen atoms in total. The Morgan fingerprint density at radius 3 is 2.47 bits per heavy atom. The van der Waals surface area contributed by atoms with Crippen molar-refractivity contribution >= 4 is 28.5 Å². The van der Waals surface area contributed by atoms with Crippen molar-refractivity contribution in [1.29, 1.82) is 0 Å². The third kappa shape index (κ3) is 4.10. The lowest BCUT2D eigenvalue weighted by Gasteiger charge is -2.19. The zero-order valence-electron chi connectivity index (χ0n) is 17.1. The lowest BCUT2D eigenvalue weighted by atomic mass is 10.1. The predicted octanol–water partition coefficient (Wildman–Crippen LogP) is 5.93. The van der Waals surface area contributed by atoms with Gasteiger partial charge in [0.1, 0.15) is 5.82 Å². The Morgan fingerprint density at radius 2 is 1.73 bits per heavy atom. The Hall–Kier alpha value is -3.11. The highest BCUT2D eigenvalue weighted by molar-refractivity contribution is 6.30. The van der Waals surface area contributed by atoms with Gasteiger partial charge in [0, 0.05) is 17.1 Å². The van der Waals surface area contributed by atoms with Crippen molar-refractivity contribution < 1.29 is 4.79 Å². The molecule has 1 atom stereocenters. The average molecular weight is 418 g/mol. The van der Waals surface area contributed by atoms with Gasteiger partial charge in [-0.05, 0) is 54.8 Å². The van der Waals surface area contributed by atoms with Crippen molar-refractivity contribution in [3.8, 4) is 0 Å². The number of halogens is 1. The molecule has 0 bridgehead atoms. The molecule has 1 aromatic heterocycles. The van der Waals surface area contributed by atoms with E-state index in [0.717, 1.165) is 34.4 Å². The number of carbonyl (C=O) groups excluding carboxylic acids is 1. The van der Waals surface area contributed by atoms with Gasteiger partial charge in [-0.3, -0.25) is 4.79 Å². The maximum absolute atomic E-state index is 13.0. The average Bonchev–Trinajstić information content (AvgIpc) is 3.12. The molecule has 152 valence electrons. The number of nitrogens with one attached hydrogen (secondary N) is 1. The topological polar surface area (TPSA) is 46.9 Å². The summed E-state index contributed by atoms with van der Waals surface area (Å²) in [5, 5.41) is 3.91. The number of hydrogen-bond acceptors (Lipinski definition) is 2. The van der Waals surface area contributed by atoms with E-state index in [1.807, 2.05) is 73.7 Å². The molecule has 0 aliphatic heterocycles. The lowest BCUT2D eigenvalue weighted by molar-refractivity contribution is 0.0932. The first kappa shape index (κ1) is 20.2. The minimum atomic E-state index is -0.197. The first-order chi connectivity index (χ1) is 14.6. The van der Waals surface area contributed by atoms with Crippen LogP contribution in [-0.4, -0.2) is 15.5 Å². The fraction of sp³-hybridized carbons (Fsp3) is 0.200. The number of aryl methyl sites for hydroxylation is 1. The van der Waals surface area contributed by atoms with Crippen molar-refractivity contribution in [2.24, 2.45) is 0 Å². The van der Waals surface area contributed by atoms with E-state index in [4.69, 9.17) is 16.6 Å². The van der Waals surface area contributed by atoms with Gasteiger partial charge < -0.3 is 9.88 Å². The lowest BCUT2D eigenvalue weighted by Crippen LogP contribution is -2.30. The van der Waals surface area contributed by atoms with Crippen LogP contribution in [0.3, 0.4) is 0 Å². The number of hydrogen-bond donors (Lipinski definition) is 1. The zero-order chi connectivity index (χ0) is 21.1. The van der Waals surface area contributed by atoms with Crippen LogP contribution in [0.1, 0.15) is 46.7 Å². The number of imidazole rings is 1. The number of benzene rings is 3. The maximum Gasteiger partial charge on any atom is 0.252 e. The second kappa shape index (κ2) is 8.72. The smallest absolute Gasteiger partial charge is 0.252 e. The van der Waals surface area contributed by atoms with Crippen LogP contribution in [0.5, 0.6) is 0 Å². The Kier molecular flexibility index (Phi) is 5.86. The number of nitrogens with zero attached hydrogens (tertiary/aromatic N) is 2. The molecule has 1 unspecified atom stereocenters. The number of carbonyl (C=O) groups is 1. The van der Waals surface area contributed by atoms with E-state index in [1.54, 1.807) is 0 Å². The van der Waals surface area contributed by atoms with Gasteiger partial charge in [-0.2, -0.15) is 0 Å². The van der Waals surface area contributed by atoms with E-state index in [1.165, 1.54) is 0 Å². The Bertz CT molecular complexity index is 1180. The van der Waals surface area contributed by atoms with E-state index in [9.17, 15) is 4.79 Å². The fourth-order valence-electron chi connectivity index (χ4n) is 3.71. The molecule has 0 radical (unpaired) electrons. The largest absolute Gasteiger partial charge is 0.342 e. The summed E-state index contributed by atoms with van der Waals surface area (Å²) in [5.74, 6) is 0.778. The standard InChI is InChI=1S/C25H24ClN3O/c1-3-21(28-25(30)20-9-5-4-8-17(20)2)24-27-22-10-6-7-11-23(22)29(24)16-18-12-14-19(26)15-13-18/h4-15,21H,3,16H2,1-2H3,(H,28,30). The number of para-hydroxylation sites is 2. The van der Waals surface area contributed by atoms with Crippen LogP contribution < -0.4 is 5.32 Å². The van der Waals surface area contributed by atoms with Crippen molar-refractivity contribution in [3.63, 3.8) is 0 Å². The molecule has 0 fully saturated rings. The van der Waals surface area contributed by atoms with Crippen LogP contribution >= 0.6 is 11.6 Å². The third-order valence-electron chi connectivity index (χ3n) is 5.35. The van der Waals surface area contributed by atoms with Crippen molar-refractivity contribution in [1.82, 2.24) is 14.9 Å². The van der Waals surface area contributed by atoms with E-state index < -0.39 is 0 Å². The minimum absolute atomic E-state index is 0.0787. The number of fused-ring (bicyclic) bond motifs is 1. The van der Waals surface area contributed by atoms with Crippen LogP contribution in [0.4, 0.5) is 0 Å². The van der Waals surface area contributed by atoms with Crippen LogP contribution in [0.2, 0.25) is 5.02 Å². The maximum atomic E-state index is 13.0. The SMILES string of the molecule is CCC(NC(=O)c1ccccc1C)c1nc2ccccc2n1Cc1ccc(Cl)cc1. The summed E-state index contributed by atoms with van der Waals surface area (Å²) in [4.78, 5) is 17.9. The molecule has 1 amide bonds. The van der Waals surface area contributed by atoms with Crippen molar-refractivity contribution in [2.45, 2.75) is 32.9 Å². The fourth-order valence-corrected chi connectivity index (χ4v) is 3.84. The summed E-state index contributed by atoms with van der Waals surface area (Å²) in [7, 11) is 0. The summed E-state index contributed by atoms with van der Waals surface area (Å²) < 4.78 is 2.19. The predicted molar refractivity (Wildman–Crippen MR) is 122 cm³/mol. The summed E-state index contributed by atoms with van der Waals surface area (Å²) in [6.45, 7) is 4.67. The van der Waals surface area contributed by atoms with Gasteiger partial charge in [-0.15, -0.1) is 0 Å². The van der Waals surface area contributed by atoms with Crippen LogP contribution in [0, 0.1) is 6.92 Å². The Labute approximate surface area is 181 Å². The van der Waals surface area contributed by atoms with Crippen LogP contribution in [-0.2, 0) is 6.54 Å². The zero-order valence-corrected chi connectivity index (χ0v) is 17.9. The molecule has 0 aliphatic carbocycles. The summed E-state index contributed by atoms with van der Waals surface area (Å²) in [6, 6.07) is 23.3.